The van der Waals surface area contributed by atoms with Crippen molar-refractivity contribution >= 4 is 17.5 Å². The molecule has 2 atom stereocenters. The van der Waals surface area contributed by atoms with E-state index in [2.05, 4.69) is 17.0 Å². The number of methoxy groups -OCH3 is 1. The molecular weight excluding hydrogens is 469 g/mol. The Morgan fingerprint density at radius 3 is 2.19 bits per heavy atom. The van der Waals surface area contributed by atoms with Gasteiger partial charge < -0.3 is 19.4 Å². The second kappa shape index (κ2) is 10.6. The molecule has 7 heteroatoms. The van der Waals surface area contributed by atoms with Crippen molar-refractivity contribution in [2.45, 2.75) is 12.8 Å². The maximum absolute atomic E-state index is 13.9. The lowest BCUT2D eigenvalue weighted by molar-refractivity contribution is -0.135. The van der Waals surface area contributed by atoms with Crippen LogP contribution in [0.5, 0.6) is 5.75 Å². The summed E-state index contributed by atoms with van der Waals surface area (Å²) in [6, 6.07) is 21.8. The molecule has 0 aromatic heterocycles. The minimum atomic E-state index is -0.379. The number of carbonyl (C=O) groups is 2. The fraction of sp³-hybridized carbons (Fsp3) is 0.333. The average molecular weight is 502 g/mol. The number of amides is 2. The number of nitrogens with zero attached hydrogens (tertiary/aromatic N) is 3. The first-order valence-electron chi connectivity index (χ1n) is 12.7. The molecule has 2 saturated heterocycles. The standard InChI is InChI=1S/C30H32FN3O3/c1-21-7-9-22(10-8-21)25-19-34(29(35)23-11-13-24(31)14-12-23)20-26(25)30(36)33-17-15-32(16-18-33)27-5-3-4-6-28(27)37-2/h3-14,25-26H,15-20H2,1-2H3. The Labute approximate surface area is 217 Å². The third kappa shape index (κ3) is 5.17. The quantitative estimate of drug-likeness (QED) is 0.522. The minimum absolute atomic E-state index is 0.0830. The van der Waals surface area contributed by atoms with Crippen LogP contribution in [-0.4, -0.2) is 68.0 Å². The van der Waals surface area contributed by atoms with E-state index in [0.717, 1.165) is 22.6 Å². The van der Waals surface area contributed by atoms with Gasteiger partial charge in [-0.15, -0.1) is 0 Å². The number of benzene rings is 3. The van der Waals surface area contributed by atoms with Gasteiger partial charge in [-0.25, -0.2) is 4.39 Å². The molecule has 2 amide bonds. The van der Waals surface area contributed by atoms with Crippen LogP contribution in [0, 0.1) is 18.7 Å². The molecule has 5 rings (SSSR count). The van der Waals surface area contributed by atoms with E-state index in [4.69, 9.17) is 4.74 Å². The van der Waals surface area contributed by atoms with Crippen LogP contribution in [0.3, 0.4) is 0 Å². The molecule has 2 aliphatic rings. The Hall–Kier alpha value is -3.87. The smallest absolute Gasteiger partial charge is 0.253 e. The molecule has 0 radical (unpaired) electrons. The second-order valence-corrected chi connectivity index (χ2v) is 9.82. The third-order valence-corrected chi connectivity index (χ3v) is 7.54. The molecule has 192 valence electrons. The summed E-state index contributed by atoms with van der Waals surface area (Å²) in [5.41, 5.74) is 3.68. The van der Waals surface area contributed by atoms with Gasteiger partial charge in [-0.05, 0) is 48.9 Å². The lowest BCUT2D eigenvalue weighted by Gasteiger charge is -2.38. The number of hydrogen-bond donors (Lipinski definition) is 0. The summed E-state index contributed by atoms with van der Waals surface area (Å²) < 4.78 is 18.9. The number of para-hydroxylation sites is 2. The second-order valence-electron chi connectivity index (χ2n) is 9.82. The van der Waals surface area contributed by atoms with Crippen LogP contribution >= 0.6 is 0 Å². The van der Waals surface area contributed by atoms with Crippen molar-refractivity contribution in [3.05, 3.63) is 95.3 Å². The zero-order valence-electron chi connectivity index (χ0n) is 21.3. The Morgan fingerprint density at radius 2 is 1.51 bits per heavy atom. The predicted octanol–water partition coefficient (Wildman–Crippen LogP) is 4.35. The van der Waals surface area contributed by atoms with Gasteiger partial charge >= 0.3 is 0 Å². The van der Waals surface area contributed by atoms with Gasteiger partial charge in [0.1, 0.15) is 11.6 Å². The van der Waals surface area contributed by atoms with Crippen molar-refractivity contribution in [1.29, 1.82) is 0 Å². The molecule has 2 fully saturated rings. The van der Waals surface area contributed by atoms with Crippen molar-refractivity contribution < 1.29 is 18.7 Å². The highest BCUT2D eigenvalue weighted by Crippen LogP contribution is 2.36. The van der Waals surface area contributed by atoms with Gasteiger partial charge in [0.25, 0.3) is 5.91 Å². The molecule has 6 nitrogen and oxygen atoms in total. The van der Waals surface area contributed by atoms with Crippen molar-refractivity contribution in [1.82, 2.24) is 9.80 Å². The fourth-order valence-corrected chi connectivity index (χ4v) is 5.44. The van der Waals surface area contributed by atoms with E-state index in [0.29, 0.717) is 44.8 Å². The molecule has 0 N–H and O–H groups in total. The molecule has 2 heterocycles. The van der Waals surface area contributed by atoms with E-state index in [1.54, 1.807) is 12.0 Å². The summed E-state index contributed by atoms with van der Waals surface area (Å²) in [4.78, 5) is 33.0. The number of likely N-dealkylation sites (tertiary alicyclic amines) is 1. The van der Waals surface area contributed by atoms with E-state index in [-0.39, 0.29) is 29.5 Å². The van der Waals surface area contributed by atoms with Crippen LogP contribution in [0.15, 0.2) is 72.8 Å². The zero-order valence-corrected chi connectivity index (χ0v) is 21.3. The Morgan fingerprint density at radius 1 is 0.838 bits per heavy atom. The molecule has 0 saturated carbocycles. The minimum Gasteiger partial charge on any atom is -0.495 e. The summed E-state index contributed by atoms with van der Waals surface area (Å²) >= 11 is 0. The van der Waals surface area contributed by atoms with E-state index >= 15 is 0 Å². The number of anilines is 1. The number of hydrogen-bond acceptors (Lipinski definition) is 4. The highest BCUT2D eigenvalue weighted by Gasteiger charge is 2.42. The summed E-state index contributed by atoms with van der Waals surface area (Å²) in [6.45, 7) is 5.49. The zero-order chi connectivity index (χ0) is 25.9. The maximum Gasteiger partial charge on any atom is 0.253 e. The van der Waals surface area contributed by atoms with Crippen LogP contribution in [0.2, 0.25) is 0 Å². The molecule has 37 heavy (non-hydrogen) atoms. The number of aryl methyl sites for hydroxylation is 1. The van der Waals surface area contributed by atoms with Crippen molar-refractivity contribution in [2.75, 3.05) is 51.3 Å². The van der Waals surface area contributed by atoms with Crippen LogP contribution in [0.1, 0.15) is 27.4 Å². The van der Waals surface area contributed by atoms with Crippen LogP contribution in [-0.2, 0) is 4.79 Å². The Kier molecular flexibility index (Phi) is 7.12. The molecule has 3 aromatic carbocycles. The van der Waals surface area contributed by atoms with Gasteiger partial charge in [0.05, 0.1) is 18.7 Å². The predicted molar refractivity (Wildman–Crippen MR) is 142 cm³/mol. The van der Waals surface area contributed by atoms with E-state index in [1.165, 1.54) is 24.3 Å². The first-order chi connectivity index (χ1) is 17.9. The van der Waals surface area contributed by atoms with Crippen LogP contribution in [0.25, 0.3) is 0 Å². The number of piperazine rings is 1. The number of rotatable bonds is 5. The Balaban J connectivity index is 1.33. The third-order valence-electron chi connectivity index (χ3n) is 7.54. The van der Waals surface area contributed by atoms with E-state index < -0.39 is 0 Å². The number of carbonyl (C=O) groups excluding carboxylic acids is 2. The molecule has 0 aliphatic carbocycles. The van der Waals surface area contributed by atoms with Gasteiger partial charge in [0, 0.05) is 50.7 Å². The summed E-state index contributed by atoms with van der Waals surface area (Å²) in [5, 5.41) is 0. The summed E-state index contributed by atoms with van der Waals surface area (Å²) in [7, 11) is 1.67. The van der Waals surface area contributed by atoms with Gasteiger partial charge in [-0.3, -0.25) is 9.59 Å². The first-order valence-corrected chi connectivity index (χ1v) is 12.7. The molecule has 2 aliphatic heterocycles. The fourth-order valence-electron chi connectivity index (χ4n) is 5.44. The highest BCUT2D eigenvalue weighted by molar-refractivity contribution is 5.95. The Bertz CT molecular complexity index is 1250. The van der Waals surface area contributed by atoms with Gasteiger partial charge in [0.15, 0.2) is 0 Å². The normalized spacial score (nSPS) is 19.7. The lowest BCUT2D eigenvalue weighted by Crippen LogP contribution is -2.51. The highest BCUT2D eigenvalue weighted by atomic mass is 19.1. The summed E-state index contributed by atoms with van der Waals surface area (Å²) in [6.07, 6.45) is 0. The van der Waals surface area contributed by atoms with E-state index in [1.807, 2.05) is 48.2 Å². The molecule has 0 bridgehead atoms. The molecule has 2 unspecified atom stereocenters. The number of ether oxygens (including phenoxy) is 1. The monoisotopic (exact) mass is 501 g/mol. The van der Waals surface area contributed by atoms with E-state index in [9.17, 15) is 14.0 Å². The molecular formula is C30H32FN3O3. The molecule has 3 aromatic rings. The van der Waals surface area contributed by atoms with Crippen LogP contribution in [0.4, 0.5) is 10.1 Å². The average Bonchev–Trinajstić information content (AvgIpc) is 3.38. The van der Waals surface area contributed by atoms with Crippen molar-refractivity contribution in [3.63, 3.8) is 0 Å². The first kappa shape index (κ1) is 24.8. The van der Waals surface area contributed by atoms with Gasteiger partial charge in [-0.2, -0.15) is 0 Å². The summed E-state index contributed by atoms with van der Waals surface area (Å²) in [5.74, 6) is -0.0639. The lowest BCUT2D eigenvalue weighted by atomic mass is 9.87. The van der Waals surface area contributed by atoms with Crippen molar-refractivity contribution in [2.24, 2.45) is 5.92 Å². The van der Waals surface area contributed by atoms with Gasteiger partial charge in [-0.1, -0.05) is 42.0 Å². The largest absolute Gasteiger partial charge is 0.495 e. The topological polar surface area (TPSA) is 53.1 Å². The van der Waals surface area contributed by atoms with Crippen LogP contribution < -0.4 is 9.64 Å². The number of halogens is 1. The SMILES string of the molecule is COc1ccccc1N1CCN(C(=O)C2CN(C(=O)c3ccc(F)cc3)CC2c2ccc(C)cc2)CC1. The molecule has 0 spiro atoms. The maximum atomic E-state index is 13.9. The van der Waals surface area contributed by atoms with Crippen molar-refractivity contribution in [3.8, 4) is 5.75 Å². The van der Waals surface area contributed by atoms with Gasteiger partial charge in [0.2, 0.25) is 5.91 Å².